The number of fused-ring (bicyclic) bond motifs is 6. The molecule has 482 valence electrons. The Kier molecular flexibility index (Phi) is 16.6. The van der Waals surface area contributed by atoms with Crippen LogP contribution in [-0.2, 0) is 24.0 Å². The second-order valence-electron chi connectivity index (χ2n) is 25.5. The third-order valence-corrected chi connectivity index (χ3v) is 20.0. The summed E-state index contributed by atoms with van der Waals surface area (Å²) in [5.41, 5.74) is 25.6. The van der Waals surface area contributed by atoms with Crippen LogP contribution in [0.5, 0.6) is 23.0 Å². The highest BCUT2D eigenvalue weighted by Gasteiger charge is 2.48. The van der Waals surface area contributed by atoms with Crippen LogP contribution in [-0.4, -0.2) is 14.2 Å². The van der Waals surface area contributed by atoms with Crippen LogP contribution in [0.4, 0.5) is 34.1 Å². The number of hydrogen-bond acceptors (Lipinski definition) is 6. The van der Waals surface area contributed by atoms with Crippen molar-refractivity contribution in [2.75, 3.05) is 24.0 Å². The van der Waals surface area contributed by atoms with Crippen LogP contribution < -0.4 is 28.7 Å². The summed E-state index contributed by atoms with van der Waals surface area (Å²) in [6.45, 7) is 8.75. The quantitative estimate of drug-likeness (QED) is 0.0714. The first-order valence-corrected chi connectivity index (χ1v) is 33.9. The highest BCUT2D eigenvalue weighted by Crippen LogP contribution is 2.60. The van der Waals surface area contributed by atoms with Crippen molar-refractivity contribution >= 4 is 46.3 Å². The minimum Gasteiger partial charge on any atom is -0.497 e. The average molecular weight is 1290 g/mol. The van der Waals surface area contributed by atoms with Crippen molar-refractivity contribution in [2.45, 2.75) is 24.0 Å². The van der Waals surface area contributed by atoms with E-state index in [9.17, 15) is 0 Å². The van der Waals surface area contributed by atoms with Crippen molar-refractivity contribution in [3.63, 3.8) is 0 Å². The van der Waals surface area contributed by atoms with Crippen molar-refractivity contribution in [3.8, 4) is 56.4 Å². The predicted octanol–water partition coefficient (Wildman–Crippen LogP) is 23.5. The third kappa shape index (κ3) is 11.2. The number of rotatable bonds is 21. The molecule has 16 rings (SSSR count). The number of hydrogen-bond donors (Lipinski definition) is 0. The van der Waals surface area contributed by atoms with Gasteiger partial charge in [-0.1, -0.05) is 244 Å². The van der Waals surface area contributed by atoms with Gasteiger partial charge in [-0.3, -0.25) is 0 Å². The number of anilines is 6. The molecule has 0 saturated carbocycles. The second kappa shape index (κ2) is 26.8. The Balaban J connectivity index is 0.745. The van der Waals surface area contributed by atoms with E-state index in [0.717, 1.165) is 113 Å². The van der Waals surface area contributed by atoms with E-state index >= 15 is 0 Å². The molecular weight excluding hydrogens is 1220 g/mol. The van der Waals surface area contributed by atoms with E-state index in [1.807, 2.05) is 12.2 Å². The van der Waals surface area contributed by atoms with Crippen LogP contribution in [0.2, 0.25) is 0 Å². The molecule has 0 aromatic heterocycles. The largest absolute Gasteiger partial charge is 0.497 e. The fraction of sp³-hybridized carbons (Fsp3) is 0.0638. The van der Waals surface area contributed by atoms with Gasteiger partial charge in [-0.25, -0.2) is 0 Å². The van der Waals surface area contributed by atoms with E-state index in [1.165, 1.54) is 44.5 Å². The molecule has 2 aliphatic rings. The van der Waals surface area contributed by atoms with Gasteiger partial charge in [0.15, 0.2) is 0 Å². The Morgan fingerprint density at radius 1 is 0.280 bits per heavy atom. The van der Waals surface area contributed by atoms with Gasteiger partial charge in [-0.15, -0.1) is 0 Å². The molecule has 2 atom stereocenters. The average Bonchev–Trinajstić information content (AvgIpc) is 1.54. The lowest BCUT2D eigenvalue weighted by atomic mass is 9.67. The molecule has 0 amide bonds. The molecule has 0 aliphatic heterocycles. The van der Waals surface area contributed by atoms with Crippen molar-refractivity contribution in [2.24, 2.45) is 0 Å². The topological polar surface area (TPSA) is 43.4 Å². The molecule has 0 N–H and O–H groups in total. The first-order valence-electron chi connectivity index (χ1n) is 33.9. The molecule has 0 heterocycles. The lowest BCUT2D eigenvalue weighted by Crippen LogP contribution is -2.28. The highest BCUT2D eigenvalue weighted by atomic mass is 16.5. The fourth-order valence-electron chi connectivity index (χ4n) is 15.2. The molecule has 2 aliphatic carbocycles. The Bertz CT molecular complexity index is 4920. The summed E-state index contributed by atoms with van der Waals surface area (Å²) in [5.74, 6) is 3.20. The lowest BCUT2D eigenvalue weighted by molar-refractivity contribution is 0.306. The molecule has 0 fully saturated rings. The first kappa shape index (κ1) is 62.2. The van der Waals surface area contributed by atoms with Crippen molar-refractivity contribution < 1.29 is 18.9 Å². The second-order valence-corrected chi connectivity index (χ2v) is 25.5. The summed E-state index contributed by atoms with van der Waals surface area (Å²) in [6, 6.07) is 122. The van der Waals surface area contributed by atoms with Gasteiger partial charge in [-0.2, -0.15) is 0 Å². The molecule has 0 saturated heterocycles. The van der Waals surface area contributed by atoms with Gasteiger partial charge >= 0.3 is 0 Å². The minimum atomic E-state index is -0.695. The third-order valence-electron chi connectivity index (χ3n) is 20.0. The summed E-state index contributed by atoms with van der Waals surface area (Å²) >= 11 is 0. The van der Waals surface area contributed by atoms with Crippen LogP contribution >= 0.6 is 0 Å². The smallest absolute Gasteiger partial charge is 0.119 e. The first-order chi connectivity index (χ1) is 49.3. The Morgan fingerprint density at radius 3 is 0.920 bits per heavy atom. The number of para-hydroxylation sites is 2. The van der Waals surface area contributed by atoms with E-state index in [0.29, 0.717) is 13.2 Å². The molecule has 14 aromatic carbocycles. The van der Waals surface area contributed by atoms with Crippen LogP contribution in [0.3, 0.4) is 0 Å². The summed E-state index contributed by atoms with van der Waals surface area (Å²) in [5, 5.41) is 0. The standard InChI is InChI=1S/C94H72N2O4/c1-5-65-25-29-67(30-26-65)63-99-83-55-41-73(42-56-83)93(71-37-51-81(97-3)52-38-71)89-23-15-13-21-85(89)87-59-49-79(61-91(87)93)95(75-17-9-7-10-18-75)77-45-33-69(34-46-77)70-35-47-78(48-36-70)96(76-19-11-8-12-20-76)80-50-60-88-86-22-14-16-24-90(86)94(92(88)62-80,72-39-53-82(98-4)54-40-72)74-43-57-84(58-44-74)100-64-68-31-27-66(6-2)28-32-68/h5-62H,1-2,63-64H2,3-4H3. The van der Waals surface area contributed by atoms with E-state index in [-0.39, 0.29) is 0 Å². The fourth-order valence-corrected chi connectivity index (χ4v) is 15.2. The van der Waals surface area contributed by atoms with Crippen LogP contribution in [0.25, 0.3) is 45.5 Å². The molecule has 0 bridgehead atoms. The molecule has 14 aromatic rings. The Hall–Kier alpha value is -12.6. The van der Waals surface area contributed by atoms with Crippen LogP contribution in [0, 0.1) is 0 Å². The van der Waals surface area contributed by atoms with E-state index in [4.69, 9.17) is 18.9 Å². The SMILES string of the molecule is C=Cc1ccc(COc2ccc(C3(c4ccc(OC)cc4)c4ccccc4-c4ccc(N(c5ccccc5)c5ccc(-c6ccc(N(c7ccccc7)c7ccc8c(c7)C(c7ccc(OC)cc7)(c7ccc(OCc9ccc(C=C)cc9)cc7)c7ccccc7-8)cc6)cc5)cc43)cc2)cc1. The summed E-state index contributed by atoms with van der Waals surface area (Å²) in [4.78, 5) is 4.75. The van der Waals surface area contributed by atoms with E-state index in [1.54, 1.807) is 14.2 Å². The minimum absolute atomic E-state index is 0.455. The van der Waals surface area contributed by atoms with Gasteiger partial charge in [0.2, 0.25) is 0 Å². The van der Waals surface area contributed by atoms with E-state index in [2.05, 4.69) is 363 Å². The van der Waals surface area contributed by atoms with Gasteiger partial charge < -0.3 is 28.7 Å². The van der Waals surface area contributed by atoms with Gasteiger partial charge in [0.25, 0.3) is 0 Å². The zero-order chi connectivity index (χ0) is 67.6. The molecule has 6 nitrogen and oxygen atoms in total. The Morgan fingerprint density at radius 2 is 0.580 bits per heavy atom. The maximum absolute atomic E-state index is 6.44. The number of benzene rings is 14. The summed E-state index contributed by atoms with van der Waals surface area (Å²) in [6.07, 6.45) is 3.71. The van der Waals surface area contributed by atoms with Gasteiger partial charge in [0.05, 0.1) is 25.0 Å². The van der Waals surface area contributed by atoms with Crippen molar-refractivity contribution in [1.29, 1.82) is 0 Å². The number of ether oxygens (including phenoxy) is 4. The summed E-state index contributed by atoms with van der Waals surface area (Å²) < 4.78 is 24.4. The summed E-state index contributed by atoms with van der Waals surface area (Å²) in [7, 11) is 3.44. The number of methoxy groups -OCH3 is 2. The molecule has 0 spiro atoms. The van der Waals surface area contributed by atoms with Gasteiger partial charge in [0.1, 0.15) is 36.2 Å². The maximum atomic E-state index is 6.44. The number of nitrogens with zero attached hydrogens (tertiary/aromatic N) is 2. The van der Waals surface area contributed by atoms with Crippen LogP contribution in [0.1, 0.15) is 66.8 Å². The molecule has 100 heavy (non-hydrogen) atoms. The maximum Gasteiger partial charge on any atom is 0.119 e. The Labute approximate surface area is 585 Å². The molecule has 0 radical (unpaired) electrons. The highest BCUT2D eigenvalue weighted by molar-refractivity contribution is 5.92. The zero-order valence-corrected chi connectivity index (χ0v) is 55.8. The van der Waals surface area contributed by atoms with Crippen molar-refractivity contribution in [1.82, 2.24) is 0 Å². The van der Waals surface area contributed by atoms with E-state index < -0.39 is 10.8 Å². The normalized spacial score (nSPS) is 14.5. The molecule has 6 heteroatoms. The van der Waals surface area contributed by atoms with Gasteiger partial charge in [0, 0.05) is 34.1 Å². The van der Waals surface area contributed by atoms with Gasteiger partial charge in [-0.05, 0) is 221 Å². The lowest BCUT2D eigenvalue weighted by Gasteiger charge is -2.35. The molecule has 2 unspecified atom stereocenters. The zero-order valence-electron chi connectivity index (χ0n) is 55.8. The van der Waals surface area contributed by atoms with Crippen LogP contribution in [0.15, 0.2) is 353 Å². The van der Waals surface area contributed by atoms with Crippen molar-refractivity contribution in [3.05, 3.63) is 420 Å². The predicted molar refractivity (Wildman–Crippen MR) is 411 cm³/mol. The monoisotopic (exact) mass is 1290 g/mol. The molecular formula is C94H72N2O4.